The van der Waals surface area contributed by atoms with Crippen LogP contribution in [0.5, 0.6) is 0 Å². The topological polar surface area (TPSA) is 112 Å². The number of benzene rings is 1. The predicted molar refractivity (Wildman–Crippen MR) is 132 cm³/mol. The number of aryl methyl sites for hydroxylation is 2. The number of carbonyl (C=O) groups is 1. The molecule has 6 rings (SSSR count). The molecule has 4 aromatic rings. The maximum absolute atomic E-state index is 13.7. The Kier molecular flexibility index (Phi) is 5.21. The van der Waals surface area contributed by atoms with Crippen molar-refractivity contribution < 1.29 is 9.53 Å². The summed E-state index contributed by atoms with van der Waals surface area (Å²) in [6.07, 6.45) is 5.51. The highest BCUT2D eigenvalue weighted by atomic mass is 16.5. The van der Waals surface area contributed by atoms with Crippen LogP contribution in [-0.2, 0) is 31.0 Å². The lowest BCUT2D eigenvalue weighted by Crippen LogP contribution is -2.32. The number of nitrogen functional groups attached to an aromatic ring is 1. The molecule has 2 N–H and O–H groups in total. The highest BCUT2D eigenvalue weighted by molar-refractivity contribution is 6.05. The van der Waals surface area contributed by atoms with Crippen LogP contribution in [0, 0.1) is 6.92 Å². The van der Waals surface area contributed by atoms with Crippen molar-refractivity contribution in [3.63, 3.8) is 0 Å². The average molecular weight is 470 g/mol. The Morgan fingerprint density at radius 2 is 1.94 bits per heavy atom. The number of hydrogen-bond donors (Lipinski definition) is 1. The molecule has 0 saturated heterocycles. The van der Waals surface area contributed by atoms with E-state index in [0.717, 1.165) is 57.8 Å². The standard InChI is InChI=1S/C26H27N7O2/c1-3-33-23(8-15(2)31-33)32(26(34)18-10-28-25(29-11-18)17-5-6-17)12-16-4-7-19-20-13-35-14-21(20)24(27)30-22(19)9-16/h4,7-11,17H,3,5-6,12-14H2,1-2H3,(H2,27,30). The number of nitrogens with zero attached hydrogens (tertiary/aromatic N) is 6. The highest BCUT2D eigenvalue weighted by Gasteiger charge is 2.28. The van der Waals surface area contributed by atoms with Gasteiger partial charge < -0.3 is 10.5 Å². The van der Waals surface area contributed by atoms with Crippen LogP contribution in [0.1, 0.15) is 64.2 Å². The maximum Gasteiger partial charge on any atom is 0.262 e. The molecule has 35 heavy (non-hydrogen) atoms. The molecular formula is C26H27N7O2. The molecule has 178 valence electrons. The number of rotatable bonds is 6. The highest BCUT2D eigenvalue weighted by Crippen LogP contribution is 2.37. The van der Waals surface area contributed by atoms with Gasteiger partial charge in [0.2, 0.25) is 0 Å². The number of hydrogen-bond acceptors (Lipinski definition) is 7. The first-order chi connectivity index (χ1) is 17.0. The van der Waals surface area contributed by atoms with Gasteiger partial charge in [-0.1, -0.05) is 12.1 Å². The van der Waals surface area contributed by atoms with Gasteiger partial charge in [-0.15, -0.1) is 0 Å². The van der Waals surface area contributed by atoms with Gasteiger partial charge in [0.25, 0.3) is 5.91 Å². The van der Waals surface area contributed by atoms with Crippen molar-refractivity contribution in [1.29, 1.82) is 0 Å². The number of carbonyl (C=O) groups excluding carboxylic acids is 1. The molecule has 4 heterocycles. The monoisotopic (exact) mass is 469 g/mol. The van der Waals surface area contributed by atoms with Crippen molar-refractivity contribution >= 4 is 28.4 Å². The SMILES string of the molecule is CCn1nc(C)cc1N(Cc1ccc2c3c(c(N)nc2c1)COC3)C(=O)c1cnc(C2CC2)nc1. The van der Waals surface area contributed by atoms with Crippen LogP contribution in [0.3, 0.4) is 0 Å². The minimum absolute atomic E-state index is 0.170. The zero-order valence-corrected chi connectivity index (χ0v) is 19.9. The van der Waals surface area contributed by atoms with Crippen LogP contribution >= 0.6 is 0 Å². The van der Waals surface area contributed by atoms with E-state index in [9.17, 15) is 4.79 Å². The van der Waals surface area contributed by atoms with Gasteiger partial charge in [0, 0.05) is 41.9 Å². The van der Waals surface area contributed by atoms with Gasteiger partial charge in [-0.25, -0.2) is 19.6 Å². The molecule has 0 bridgehead atoms. The minimum atomic E-state index is -0.170. The molecule has 2 aliphatic rings. The van der Waals surface area contributed by atoms with Gasteiger partial charge in [0.05, 0.1) is 36.5 Å². The largest absolute Gasteiger partial charge is 0.383 e. The average Bonchev–Trinajstić information content (AvgIpc) is 3.47. The van der Waals surface area contributed by atoms with Crippen LogP contribution < -0.4 is 10.6 Å². The van der Waals surface area contributed by atoms with Crippen molar-refractivity contribution in [2.45, 2.75) is 58.9 Å². The molecule has 1 amide bonds. The van der Waals surface area contributed by atoms with Gasteiger partial charge in [-0.3, -0.25) is 9.69 Å². The lowest BCUT2D eigenvalue weighted by Gasteiger charge is -2.23. The maximum atomic E-state index is 13.7. The van der Waals surface area contributed by atoms with Gasteiger partial charge in [0.1, 0.15) is 17.5 Å². The summed E-state index contributed by atoms with van der Waals surface area (Å²) < 4.78 is 7.44. The van der Waals surface area contributed by atoms with Crippen molar-refractivity contribution in [3.05, 3.63) is 70.4 Å². The molecule has 1 fully saturated rings. The lowest BCUT2D eigenvalue weighted by molar-refractivity contribution is 0.0982. The zero-order valence-electron chi connectivity index (χ0n) is 19.9. The predicted octanol–water partition coefficient (Wildman–Crippen LogP) is 3.89. The van der Waals surface area contributed by atoms with Crippen molar-refractivity contribution in [1.82, 2.24) is 24.7 Å². The molecule has 1 aliphatic carbocycles. The van der Waals surface area contributed by atoms with Gasteiger partial charge in [-0.05, 0) is 43.9 Å². The molecule has 1 aromatic carbocycles. The molecule has 9 heteroatoms. The second-order valence-electron chi connectivity index (χ2n) is 9.25. The molecular weight excluding hydrogens is 442 g/mol. The number of fused-ring (bicyclic) bond motifs is 3. The van der Waals surface area contributed by atoms with E-state index in [4.69, 9.17) is 10.5 Å². The van der Waals surface area contributed by atoms with E-state index in [-0.39, 0.29) is 5.91 Å². The fourth-order valence-electron chi connectivity index (χ4n) is 4.70. The zero-order chi connectivity index (χ0) is 24.1. The fraction of sp³-hybridized carbons (Fsp3) is 0.346. The first-order valence-corrected chi connectivity index (χ1v) is 12.0. The number of nitrogens with two attached hydrogens (primary N) is 1. The Bertz CT molecular complexity index is 1440. The summed E-state index contributed by atoms with van der Waals surface area (Å²) in [5.41, 5.74) is 11.3. The summed E-state index contributed by atoms with van der Waals surface area (Å²) in [5.74, 6) is 2.32. The third kappa shape index (κ3) is 3.91. The molecule has 9 nitrogen and oxygen atoms in total. The number of aromatic nitrogens is 5. The third-order valence-electron chi connectivity index (χ3n) is 6.70. The van der Waals surface area contributed by atoms with E-state index in [1.807, 2.05) is 42.8 Å². The molecule has 0 atom stereocenters. The van der Waals surface area contributed by atoms with Crippen molar-refractivity contribution in [2.75, 3.05) is 10.6 Å². The Morgan fingerprint density at radius 3 is 2.69 bits per heavy atom. The van der Waals surface area contributed by atoms with Crippen LogP contribution in [0.15, 0.2) is 36.7 Å². The molecule has 0 spiro atoms. The second-order valence-corrected chi connectivity index (χ2v) is 9.25. The molecule has 1 saturated carbocycles. The normalized spacial score (nSPS) is 14.9. The summed E-state index contributed by atoms with van der Waals surface area (Å²) in [4.78, 5) is 29.0. The second kappa shape index (κ2) is 8.42. The summed E-state index contributed by atoms with van der Waals surface area (Å²) in [5, 5.41) is 5.60. The number of anilines is 2. The quantitative estimate of drug-likeness (QED) is 0.456. The number of pyridine rings is 1. The van der Waals surface area contributed by atoms with Crippen LogP contribution in [0.4, 0.5) is 11.6 Å². The first-order valence-electron chi connectivity index (χ1n) is 12.0. The Hall–Kier alpha value is -3.85. The lowest BCUT2D eigenvalue weighted by atomic mass is 10.0. The van der Waals surface area contributed by atoms with E-state index in [2.05, 4.69) is 20.1 Å². The van der Waals surface area contributed by atoms with Crippen molar-refractivity contribution in [2.24, 2.45) is 0 Å². The fourth-order valence-corrected chi connectivity index (χ4v) is 4.70. The number of amides is 1. The van der Waals surface area contributed by atoms with Gasteiger partial charge in [0.15, 0.2) is 0 Å². The van der Waals surface area contributed by atoms with Crippen LogP contribution in [0.25, 0.3) is 10.9 Å². The summed E-state index contributed by atoms with van der Waals surface area (Å²) in [6.45, 7) is 5.96. The molecule has 3 aromatic heterocycles. The Labute approximate surface area is 203 Å². The van der Waals surface area contributed by atoms with E-state index in [1.54, 1.807) is 17.3 Å². The summed E-state index contributed by atoms with van der Waals surface area (Å²) in [7, 11) is 0. The van der Waals surface area contributed by atoms with Crippen LogP contribution in [-0.4, -0.2) is 30.6 Å². The smallest absolute Gasteiger partial charge is 0.262 e. The molecule has 0 unspecified atom stereocenters. The van der Waals surface area contributed by atoms with E-state index >= 15 is 0 Å². The number of ether oxygens (including phenoxy) is 1. The first kappa shape index (κ1) is 21.7. The molecule has 0 radical (unpaired) electrons. The third-order valence-corrected chi connectivity index (χ3v) is 6.70. The van der Waals surface area contributed by atoms with E-state index in [0.29, 0.717) is 43.6 Å². The van der Waals surface area contributed by atoms with Crippen molar-refractivity contribution in [3.8, 4) is 0 Å². The van der Waals surface area contributed by atoms with Gasteiger partial charge >= 0.3 is 0 Å². The summed E-state index contributed by atoms with van der Waals surface area (Å²) in [6, 6.07) is 8.01. The molecule has 1 aliphatic heterocycles. The van der Waals surface area contributed by atoms with E-state index < -0.39 is 0 Å². The van der Waals surface area contributed by atoms with Gasteiger partial charge in [-0.2, -0.15) is 5.10 Å². The van der Waals surface area contributed by atoms with Crippen LogP contribution in [0.2, 0.25) is 0 Å². The minimum Gasteiger partial charge on any atom is -0.383 e. The Balaban J connectivity index is 1.38. The summed E-state index contributed by atoms with van der Waals surface area (Å²) >= 11 is 0. The van der Waals surface area contributed by atoms with E-state index in [1.165, 1.54) is 0 Å². The Morgan fingerprint density at radius 1 is 1.17 bits per heavy atom.